The third kappa shape index (κ3) is 6.18. The van der Waals surface area contributed by atoms with Gasteiger partial charge in [0.2, 0.25) is 0 Å². The summed E-state index contributed by atoms with van der Waals surface area (Å²) >= 11 is 5.02. The quantitative estimate of drug-likeness (QED) is 0.198. The molecule has 0 atom stereocenters. The van der Waals surface area contributed by atoms with Gasteiger partial charge in [0.05, 0.1) is 24.2 Å². The van der Waals surface area contributed by atoms with Crippen LogP contribution in [0.25, 0.3) is 6.08 Å². The number of rotatable bonds is 8. The van der Waals surface area contributed by atoms with E-state index in [0.717, 1.165) is 26.9 Å². The second-order valence-electron chi connectivity index (χ2n) is 8.52. The highest BCUT2D eigenvalue weighted by Crippen LogP contribution is 2.39. The van der Waals surface area contributed by atoms with Crippen LogP contribution in [-0.4, -0.2) is 23.1 Å². The molecule has 0 spiro atoms. The Hall–Kier alpha value is -3.81. The minimum Gasteiger partial charge on any atom is -0.493 e. The Bertz CT molecular complexity index is 1480. The lowest BCUT2D eigenvalue weighted by Gasteiger charge is -2.15. The number of halogens is 1. The number of carbonyl (C=O) groups excluding carboxylic acids is 1. The largest absolute Gasteiger partial charge is 0.493 e. The third-order valence-electron chi connectivity index (χ3n) is 5.86. The predicted octanol–water partition coefficient (Wildman–Crippen LogP) is 7.84. The monoisotopic (exact) mass is 584 g/mol. The summed E-state index contributed by atoms with van der Waals surface area (Å²) in [6, 6.07) is 33.3. The van der Waals surface area contributed by atoms with Gasteiger partial charge in [-0.15, -0.1) is 0 Å². The van der Waals surface area contributed by atoms with Gasteiger partial charge >= 0.3 is 0 Å². The molecule has 5 rings (SSSR count). The molecule has 1 amide bonds. The average Bonchev–Trinajstić information content (AvgIpc) is 3.23. The molecule has 0 bridgehead atoms. The summed E-state index contributed by atoms with van der Waals surface area (Å²) in [6.07, 6.45) is 1.87. The van der Waals surface area contributed by atoms with Crippen molar-refractivity contribution in [1.82, 2.24) is 4.90 Å². The van der Waals surface area contributed by atoms with Crippen LogP contribution in [-0.2, 0) is 17.9 Å². The van der Waals surface area contributed by atoms with Crippen molar-refractivity contribution in [3.8, 4) is 11.5 Å². The first-order valence-corrected chi connectivity index (χ1v) is 13.6. The van der Waals surface area contributed by atoms with E-state index in [4.69, 9.17) is 14.5 Å². The molecule has 1 aliphatic heterocycles. The molecule has 7 heteroatoms. The van der Waals surface area contributed by atoms with Gasteiger partial charge in [0.1, 0.15) is 6.61 Å². The molecule has 190 valence electrons. The van der Waals surface area contributed by atoms with Crippen molar-refractivity contribution >= 4 is 50.5 Å². The van der Waals surface area contributed by atoms with Crippen LogP contribution in [0.2, 0.25) is 0 Å². The van der Waals surface area contributed by atoms with Crippen molar-refractivity contribution in [2.24, 2.45) is 4.99 Å². The molecule has 0 N–H and O–H groups in total. The fourth-order valence-electron chi connectivity index (χ4n) is 3.92. The predicted molar refractivity (Wildman–Crippen MR) is 158 cm³/mol. The van der Waals surface area contributed by atoms with E-state index in [1.165, 1.54) is 11.8 Å². The number of amides is 1. The minimum atomic E-state index is -0.0937. The summed E-state index contributed by atoms with van der Waals surface area (Å²) in [6.45, 7) is 0.860. The molecule has 0 aromatic heterocycles. The average molecular weight is 586 g/mol. The fourth-order valence-corrected chi connectivity index (χ4v) is 5.35. The maximum absolute atomic E-state index is 13.6. The molecule has 0 unspecified atom stereocenters. The van der Waals surface area contributed by atoms with E-state index >= 15 is 0 Å². The Morgan fingerprint density at radius 1 is 0.868 bits per heavy atom. The molecule has 38 heavy (non-hydrogen) atoms. The number of aliphatic imine (C=N–C) groups is 1. The Kier molecular flexibility index (Phi) is 8.26. The fraction of sp³-hybridized carbons (Fsp3) is 0.0968. The number of nitrogens with zero attached hydrogens (tertiary/aromatic N) is 2. The van der Waals surface area contributed by atoms with Crippen molar-refractivity contribution in [1.29, 1.82) is 0 Å². The summed E-state index contributed by atoms with van der Waals surface area (Å²) < 4.78 is 12.4. The van der Waals surface area contributed by atoms with Crippen molar-refractivity contribution in [2.75, 3.05) is 7.11 Å². The highest BCUT2D eigenvalue weighted by molar-refractivity contribution is 9.10. The minimum absolute atomic E-state index is 0.0937. The Labute approximate surface area is 234 Å². The number of hydrogen-bond donors (Lipinski definition) is 0. The summed E-state index contributed by atoms with van der Waals surface area (Å²) in [4.78, 5) is 20.7. The molecule has 4 aromatic carbocycles. The molecule has 4 aromatic rings. The number of para-hydroxylation sites is 1. The van der Waals surface area contributed by atoms with Crippen LogP contribution in [0.5, 0.6) is 11.5 Å². The first-order valence-electron chi connectivity index (χ1n) is 12.0. The van der Waals surface area contributed by atoms with Crippen LogP contribution in [0.3, 0.4) is 0 Å². The summed E-state index contributed by atoms with van der Waals surface area (Å²) in [5.41, 5.74) is 3.70. The topological polar surface area (TPSA) is 51.1 Å². The zero-order chi connectivity index (χ0) is 26.3. The maximum Gasteiger partial charge on any atom is 0.267 e. The summed E-state index contributed by atoms with van der Waals surface area (Å²) in [7, 11) is 1.61. The van der Waals surface area contributed by atoms with E-state index in [9.17, 15) is 4.79 Å². The van der Waals surface area contributed by atoms with Gasteiger partial charge in [0.15, 0.2) is 16.7 Å². The van der Waals surface area contributed by atoms with Crippen molar-refractivity contribution in [3.05, 3.63) is 129 Å². The number of methoxy groups -OCH3 is 1. The second-order valence-corrected chi connectivity index (χ2v) is 10.4. The lowest BCUT2D eigenvalue weighted by atomic mass is 10.1. The van der Waals surface area contributed by atoms with E-state index in [2.05, 4.69) is 15.9 Å². The molecule has 1 saturated heterocycles. The zero-order valence-corrected chi connectivity index (χ0v) is 23.1. The number of amidine groups is 1. The molecule has 5 nitrogen and oxygen atoms in total. The molecule has 1 heterocycles. The van der Waals surface area contributed by atoms with Gasteiger partial charge in [0, 0.05) is 4.47 Å². The normalized spacial score (nSPS) is 15.3. The molecule has 0 radical (unpaired) electrons. The van der Waals surface area contributed by atoms with E-state index < -0.39 is 0 Å². The Balaban J connectivity index is 1.44. The van der Waals surface area contributed by atoms with E-state index in [1.54, 1.807) is 12.0 Å². The second kappa shape index (κ2) is 12.2. The van der Waals surface area contributed by atoms with Crippen LogP contribution in [0, 0.1) is 0 Å². The van der Waals surface area contributed by atoms with Gasteiger partial charge in [-0.1, -0.05) is 94.8 Å². The van der Waals surface area contributed by atoms with Crippen LogP contribution in [0.1, 0.15) is 16.7 Å². The Morgan fingerprint density at radius 2 is 1.50 bits per heavy atom. The molecule has 1 fully saturated rings. The number of hydrogen-bond acceptors (Lipinski definition) is 5. The number of ether oxygens (including phenoxy) is 2. The van der Waals surface area contributed by atoms with E-state index in [0.29, 0.717) is 34.7 Å². The first kappa shape index (κ1) is 25.8. The molecule has 0 saturated carbocycles. The number of benzene rings is 4. The highest BCUT2D eigenvalue weighted by Gasteiger charge is 2.33. The van der Waals surface area contributed by atoms with E-state index in [-0.39, 0.29) is 5.91 Å². The lowest BCUT2D eigenvalue weighted by Crippen LogP contribution is -2.28. The van der Waals surface area contributed by atoms with Gasteiger partial charge in [-0.3, -0.25) is 9.69 Å². The van der Waals surface area contributed by atoms with Gasteiger partial charge < -0.3 is 9.47 Å². The number of thioether (sulfide) groups is 1. The lowest BCUT2D eigenvalue weighted by molar-refractivity contribution is -0.122. The van der Waals surface area contributed by atoms with Gasteiger partial charge in [0.25, 0.3) is 5.91 Å². The SMILES string of the molecule is COc1cc(/C=C2/SC(=Nc3ccccc3)N(Cc3ccccc3)C2=O)c(Br)cc1OCc1ccccc1. The van der Waals surface area contributed by atoms with Gasteiger partial charge in [-0.2, -0.15) is 0 Å². The summed E-state index contributed by atoms with van der Waals surface area (Å²) in [5, 5.41) is 0.641. The van der Waals surface area contributed by atoms with Crippen molar-refractivity contribution < 1.29 is 14.3 Å². The maximum atomic E-state index is 13.6. The van der Waals surface area contributed by atoms with Gasteiger partial charge in [-0.25, -0.2) is 4.99 Å². The highest BCUT2D eigenvalue weighted by atomic mass is 79.9. The zero-order valence-electron chi connectivity index (χ0n) is 20.7. The molecule has 1 aliphatic rings. The van der Waals surface area contributed by atoms with Crippen LogP contribution >= 0.6 is 27.7 Å². The molecular formula is C31H25BrN2O3S. The third-order valence-corrected chi connectivity index (χ3v) is 7.55. The summed E-state index contributed by atoms with van der Waals surface area (Å²) in [5.74, 6) is 1.11. The number of carbonyl (C=O) groups is 1. The van der Waals surface area contributed by atoms with Crippen LogP contribution < -0.4 is 9.47 Å². The Morgan fingerprint density at radius 3 is 2.16 bits per heavy atom. The van der Waals surface area contributed by atoms with Crippen molar-refractivity contribution in [2.45, 2.75) is 13.2 Å². The molecule has 0 aliphatic carbocycles. The van der Waals surface area contributed by atoms with Crippen LogP contribution in [0.15, 0.2) is 117 Å². The smallest absolute Gasteiger partial charge is 0.267 e. The molecular weight excluding hydrogens is 560 g/mol. The van der Waals surface area contributed by atoms with Crippen molar-refractivity contribution in [3.63, 3.8) is 0 Å². The van der Waals surface area contributed by atoms with Crippen LogP contribution in [0.4, 0.5) is 5.69 Å². The van der Waals surface area contributed by atoms with E-state index in [1.807, 2.05) is 109 Å². The first-order chi connectivity index (χ1) is 18.6. The van der Waals surface area contributed by atoms with Gasteiger partial charge in [-0.05, 0) is 58.8 Å². The standard InChI is InChI=1S/C31H25BrN2O3S/c1-36-27-17-24(26(32)19-28(27)37-21-23-13-7-3-8-14-23)18-29-30(35)34(20-22-11-5-2-6-12-22)31(38-29)33-25-15-9-4-10-16-25/h2-19H,20-21H2,1H3/b29-18+,33-31?.